The molecule has 0 fully saturated rings. The van der Waals surface area contributed by atoms with Crippen LogP contribution in [-0.2, 0) is 0 Å². The molecule has 0 aliphatic carbocycles. The summed E-state index contributed by atoms with van der Waals surface area (Å²) in [5.41, 5.74) is 0. The van der Waals surface area contributed by atoms with Gasteiger partial charge in [-0.1, -0.05) is 5.22 Å². The summed E-state index contributed by atoms with van der Waals surface area (Å²) in [4.78, 5) is 0. The molecule has 4 heteroatoms. The Hall–Kier alpha value is -0.930. The summed E-state index contributed by atoms with van der Waals surface area (Å²) in [5.74, 6) is 0. The van der Waals surface area contributed by atoms with Gasteiger partial charge in [0.1, 0.15) is 0 Å². The van der Waals surface area contributed by atoms with Crippen molar-refractivity contribution in [1.29, 1.82) is 0 Å². The highest BCUT2D eigenvalue weighted by Crippen LogP contribution is 1.86. The third kappa shape index (κ3) is 2.28. The summed E-state index contributed by atoms with van der Waals surface area (Å²) in [6.45, 7) is 5.90. The number of hydrogen-bond acceptors (Lipinski definition) is 3. The highest BCUT2D eigenvalue weighted by molar-refractivity contribution is 5.22. The fourth-order valence-corrected chi connectivity index (χ4v) is 0.295. The van der Waals surface area contributed by atoms with E-state index in [1.54, 1.807) is 7.05 Å². The minimum absolute atomic E-state index is 0.709. The van der Waals surface area contributed by atoms with Crippen LogP contribution in [0.5, 0.6) is 0 Å². The van der Waals surface area contributed by atoms with Gasteiger partial charge in [-0.05, 0) is 6.92 Å². The van der Waals surface area contributed by atoms with Gasteiger partial charge in [-0.3, -0.25) is 0 Å². The molecule has 0 aliphatic rings. The number of nitrogens with zero attached hydrogens (tertiary/aromatic N) is 4. The van der Waals surface area contributed by atoms with Gasteiger partial charge >= 0.3 is 0 Å². The van der Waals surface area contributed by atoms with Gasteiger partial charge in [-0.25, -0.2) is 0 Å². The van der Waals surface area contributed by atoms with Crippen LogP contribution in [0.2, 0.25) is 0 Å². The molecule has 0 radical (unpaired) electrons. The molecule has 0 atom stereocenters. The van der Waals surface area contributed by atoms with E-state index >= 15 is 0 Å². The molecule has 0 heterocycles. The summed E-state index contributed by atoms with van der Waals surface area (Å²) >= 11 is 0. The van der Waals surface area contributed by atoms with Crippen LogP contribution in [0.3, 0.4) is 0 Å². The molecule has 0 spiro atoms. The molecule has 0 saturated carbocycles. The Morgan fingerprint density at radius 1 is 1.62 bits per heavy atom. The van der Waals surface area contributed by atoms with Gasteiger partial charge in [0.05, 0.1) is 13.6 Å². The van der Waals surface area contributed by atoms with Crippen molar-refractivity contribution < 1.29 is 0 Å². The fraction of sp³-hybridized carbons (Fsp3) is 0.750. The first-order valence-corrected chi connectivity index (χ1v) is 2.39. The highest BCUT2D eigenvalue weighted by Gasteiger charge is 1.85. The van der Waals surface area contributed by atoms with Gasteiger partial charge in [0, 0.05) is 6.72 Å². The Kier molecular flexibility index (Phi) is 3.74. The molecule has 46 valence electrons. The van der Waals surface area contributed by atoms with Crippen LogP contribution in [0.4, 0.5) is 0 Å². The standard InChI is InChI=1S/C4H10N4/c1-4-8(6-3)7-5-2/h3-4H2,1-2H3/b7-5-. The second-order valence-electron chi connectivity index (χ2n) is 1.12. The third-order valence-electron chi connectivity index (χ3n) is 0.639. The highest BCUT2D eigenvalue weighted by atomic mass is 15.7. The van der Waals surface area contributed by atoms with Crippen molar-refractivity contribution >= 4 is 6.72 Å². The SMILES string of the molecule is C=NN(CC)/N=N\C. The van der Waals surface area contributed by atoms with Crippen LogP contribution in [-0.4, -0.2) is 25.4 Å². The Bertz CT molecular complexity index is 88.0. The van der Waals surface area contributed by atoms with E-state index in [2.05, 4.69) is 22.2 Å². The molecule has 4 nitrogen and oxygen atoms in total. The molecule has 8 heavy (non-hydrogen) atoms. The van der Waals surface area contributed by atoms with Crippen molar-refractivity contribution in [3.05, 3.63) is 0 Å². The third-order valence-corrected chi connectivity index (χ3v) is 0.639. The predicted molar refractivity (Wildman–Crippen MR) is 32.7 cm³/mol. The van der Waals surface area contributed by atoms with Crippen LogP contribution >= 0.6 is 0 Å². The zero-order valence-corrected chi connectivity index (χ0v) is 5.20. The molecule has 0 aliphatic heterocycles. The van der Waals surface area contributed by atoms with Gasteiger partial charge < -0.3 is 0 Å². The van der Waals surface area contributed by atoms with Gasteiger partial charge in [-0.15, -0.1) is 0 Å². The Morgan fingerprint density at radius 3 is 2.38 bits per heavy atom. The van der Waals surface area contributed by atoms with E-state index in [0.29, 0.717) is 6.54 Å². The molecule has 0 amide bonds. The Labute approximate surface area is 48.9 Å². The van der Waals surface area contributed by atoms with E-state index in [4.69, 9.17) is 0 Å². The maximum Gasteiger partial charge on any atom is 0.0595 e. The topological polar surface area (TPSA) is 40.3 Å². The average Bonchev–Trinajstić information content (AvgIpc) is 1.83. The summed E-state index contributed by atoms with van der Waals surface area (Å²) in [5, 5.41) is 12.0. The first kappa shape index (κ1) is 7.07. The van der Waals surface area contributed by atoms with Crippen molar-refractivity contribution in [2.45, 2.75) is 6.92 Å². The van der Waals surface area contributed by atoms with E-state index in [-0.39, 0.29) is 0 Å². The smallest absolute Gasteiger partial charge is 0.0595 e. The lowest BCUT2D eigenvalue weighted by Crippen LogP contribution is -2.06. The number of rotatable bonds is 3. The zero-order valence-electron chi connectivity index (χ0n) is 5.20. The average molecular weight is 114 g/mol. The van der Waals surface area contributed by atoms with Gasteiger partial charge in [0.15, 0.2) is 0 Å². The molecule has 0 N–H and O–H groups in total. The molecule has 0 bridgehead atoms. The van der Waals surface area contributed by atoms with Crippen LogP contribution in [0.25, 0.3) is 0 Å². The van der Waals surface area contributed by atoms with Crippen molar-refractivity contribution in [2.75, 3.05) is 13.6 Å². The summed E-state index contributed by atoms with van der Waals surface area (Å²) in [7, 11) is 1.59. The first-order chi connectivity index (χ1) is 3.85. The lowest BCUT2D eigenvalue weighted by Gasteiger charge is -2.03. The van der Waals surface area contributed by atoms with Crippen molar-refractivity contribution in [2.24, 2.45) is 15.4 Å². The first-order valence-electron chi connectivity index (χ1n) is 2.39. The predicted octanol–water partition coefficient (Wildman–Crippen LogP) is 0.921. The summed E-state index contributed by atoms with van der Waals surface area (Å²) in [6.07, 6.45) is 0. The Morgan fingerprint density at radius 2 is 2.25 bits per heavy atom. The molecular weight excluding hydrogens is 104 g/mol. The molecule has 0 aromatic carbocycles. The lowest BCUT2D eigenvalue weighted by molar-refractivity contribution is 0.301. The van der Waals surface area contributed by atoms with Crippen molar-refractivity contribution in [1.82, 2.24) is 5.12 Å². The maximum absolute atomic E-state index is 3.59. The fourth-order valence-electron chi connectivity index (χ4n) is 0.295. The molecule has 0 unspecified atom stereocenters. The molecule has 0 aromatic rings. The molecule has 0 rings (SSSR count). The van der Waals surface area contributed by atoms with Gasteiger partial charge in [0.25, 0.3) is 0 Å². The molecule has 0 saturated heterocycles. The monoisotopic (exact) mass is 114 g/mol. The van der Waals surface area contributed by atoms with Crippen LogP contribution in [0, 0.1) is 0 Å². The molecule has 0 aromatic heterocycles. The van der Waals surface area contributed by atoms with E-state index in [9.17, 15) is 0 Å². The maximum atomic E-state index is 3.59. The zero-order chi connectivity index (χ0) is 6.41. The molecular formula is C4H10N4. The Balaban J connectivity index is 3.52. The quantitative estimate of drug-likeness (QED) is 0.305. The minimum atomic E-state index is 0.709. The van der Waals surface area contributed by atoms with Gasteiger partial charge in [0.2, 0.25) is 0 Å². The van der Waals surface area contributed by atoms with E-state index < -0.39 is 0 Å². The number of hydrazone groups is 1. The summed E-state index contributed by atoms with van der Waals surface area (Å²) in [6, 6.07) is 0. The lowest BCUT2D eigenvalue weighted by atomic mass is 10.8. The van der Waals surface area contributed by atoms with E-state index in [0.717, 1.165) is 0 Å². The number of hydrogen-bond donors (Lipinski definition) is 0. The second kappa shape index (κ2) is 4.23. The second-order valence-corrected chi connectivity index (χ2v) is 1.12. The minimum Gasteiger partial charge on any atom is -0.173 e. The van der Waals surface area contributed by atoms with Gasteiger partial charge in [-0.2, -0.15) is 15.3 Å². The van der Waals surface area contributed by atoms with E-state index in [1.807, 2.05) is 6.92 Å². The van der Waals surface area contributed by atoms with Crippen LogP contribution in [0.15, 0.2) is 15.4 Å². The van der Waals surface area contributed by atoms with Crippen LogP contribution < -0.4 is 0 Å². The van der Waals surface area contributed by atoms with Crippen molar-refractivity contribution in [3.8, 4) is 0 Å². The van der Waals surface area contributed by atoms with E-state index in [1.165, 1.54) is 5.12 Å². The van der Waals surface area contributed by atoms with Crippen LogP contribution in [0.1, 0.15) is 6.92 Å². The normalized spacial score (nSPS) is 9.75. The van der Waals surface area contributed by atoms with Crippen molar-refractivity contribution in [3.63, 3.8) is 0 Å². The summed E-state index contributed by atoms with van der Waals surface area (Å²) < 4.78 is 0. The largest absolute Gasteiger partial charge is 0.173 e.